The molecule has 2 saturated heterocycles. The van der Waals surface area contributed by atoms with Gasteiger partial charge in [-0.25, -0.2) is 0 Å². The van der Waals surface area contributed by atoms with Crippen molar-refractivity contribution in [1.82, 2.24) is 9.88 Å². The van der Waals surface area contributed by atoms with E-state index in [0.29, 0.717) is 11.8 Å². The van der Waals surface area contributed by atoms with Gasteiger partial charge in [0.15, 0.2) is 5.79 Å². The van der Waals surface area contributed by atoms with Gasteiger partial charge in [0.2, 0.25) is 0 Å². The minimum absolute atomic E-state index is 0.0508. The zero-order chi connectivity index (χ0) is 15.2. The number of nitrogens with zero attached hydrogens (tertiary/aromatic N) is 1. The van der Waals surface area contributed by atoms with Gasteiger partial charge in [-0.2, -0.15) is 0 Å². The molecule has 0 spiro atoms. The summed E-state index contributed by atoms with van der Waals surface area (Å²) in [6, 6.07) is 9.59. The molecule has 0 amide bonds. The molecule has 4 rings (SSSR count). The van der Waals surface area contributed by atoms with E-state index in [4.69, 9.17) is 4.74 Å². The number of pyridine rings is 1. The molecule has 0 radical (unpaired) electrons. The van der Waals surface area contributed by atoms with Gasteiger partial charge in [0, 0.05) is 24.0 Å². The van der Waals surface area contributed by atoms with Crippen LogP contribution in [0.1, 0.15) is 19.3 Å². The van der Waals surface area contributed by atoms with Gasteiger partial charge in [0.05, 0.1) is 12.6 Å². The Morgan fingerprint density at radius 3 is 3.09 bits per heavy atom. The first-order valence-corrected chi connectivity index (χ1v) is 7.86. The molecule has 1 aromatic carbocycles. The molecule has 0 aliphatic carbocycles. The van der Waals surface area contributed by atoms with Gasteiger partial charge in [-0.05, 0) is 36.9 Å². The Morgan fingerprint density at radius 2 is 2.23 bits per heavy atom. The van der Waals surface area contributed by atoms with Crippen LogP contribution in [0, 0.1) is 0 Å². The first kappa shape index (κ1) is 13.9. The molecule has 0 bridgehead atoms. The van der Waals surface area contributed by atoms with Crippen molar-refractivity contribution in [2.75, 3.05) is 6.54 Å². The number of aromatic nitrogens is 1. The quantitative estimate of drug-likeness (QED) is 0.876. The number of nitrogens with one attached hydrogen (secondary N) is 1. The van der Waals surface area contributed by atoms with Gasteiger partial charge in [-0.1, -0.05) is 18.2 Å². The van der Waals surface area contributed by atoms with E-state index in [2.05, 4.69) is 5.32 Å². The highest BCUT2D eigenvalue weighted by molar-refractivity contribution is 5.81. The molecule has 2 N–H and O–H groups in total. The minimum atomic E-state index is -1.26. The van der Waals surface area contributed by atoms with Crippen LogP contribution in [0.5, 0.6) is 0 Å². The van der Waals surface area contributed by atoms with Crippen LogP contribution in [0.25, 0.3) is 10.8 Å². The van der Waals surface area contributed by atoms with Gasteiger partial charge < -0.3 is 19.7 Å². The molecule has 3 heterocycles. The second-order valence-electron chi connectivity index (χ2n) is 6.35. The molecule has 1 unspecified atom stereocenters. The van der Waals surface area contributed by atoms with Crippen molar-refractivity contribution < 1.29 is 9.84 Å². The monoisotopic (exact) mass is 300 g/mol. The van der Waals surface area contributed by atoms with Crippen LogP contribution in [-0.4, -0.2) is 34.2 Å². The van der Waals surface area contributed by atoms with Gasteiger partial charge in [-0.15, -0.1) is 0 Å². The number of rotatable bonds is 2. The second-order valence-corrected chi connectivity index (χ2v) is 6.35. The number of hydrogen-bond acceptors (Lipinski definition) is 4. The van der Waals surface area contributed by atoms with E-state index in [0.717, 1.165) is 24.8 Å². The van der Waals surface area contributed by atoms with Crippen molar-refractivity contribution in [3.05, 3.63) is 46.9 Å². The molecule has 2 aliphatic rings. The fraction of sp³-hybridized carbons (Fsp3) is 0.471. The Morgan fingerprint density at radius 1 is 1.36 bits per heavy atom. The molecule has 2 fully saturated rings. The summed E-state index contributed by atoms with van der Waals surface area (Å²) in [7, 11) is 0. The maximum absolute atomic E-state index is 12.6. The SMILES string of the molecule is O=c1c2ccccc2ccn1CC1(O)C[C@H]2NCCC[C@H]2O1. The lowest BCUT2D eigenvalue weighted by atomic mass is 9.99. The molecular weight excluding hydrogens is 280 g/mol. The highest BCUT2D eigenvalue weighted by Crippen LogP contribution is 2.33. The zero-order valence-corrected chi connectivity index (χ0v) is 12.4. The van der Waals surface area contributed by atoms with Crippen molar-refractivity contribution in [3.63, 3.8) is 0 Å². The average Bonchev–Trinajstić information content (AvgIpc) is 2.86. The van der Waals surface area contributed by atoms with E-state index < -0.39 is 5.79 Å². The summed E-state index contributed by atoms with van der Waals surface area (Å²) in [6.07, 6.45) is 4.34. The molecule has 22 heavy (non-hydrogen) atoms. The predicted molar refractivity (Wildman–Crippen MR) is 83.7 cm³/mol. The molecule has 1 aromatic heterocycles. The number of piperidine rings is 1. The first-order valence-electron chi connectivity index (χ1n) is 7.86. The molecule has 116 valence electrons. The smallest absolute Gasteiger partial charge is 0.258 e. The summed E-state index contributed by atoms with van der Waals surface area (Å²) in [5.41, 5.74) is -0.0852. The van der Waals surface area contributed by atoms with E-state index in [9.17, 15) is 9.90 Å². The summed E-state index contributed by atoms with van der Waals surface area (Å²) in [4.78, 5) is 12.6. The van der Waals surface area contributed by atoms with Crippen molar-refractivity contribution in [3.8, 4) is 0 Å². The van der Waals surface area contributed by atoms with E-state index in [-0.39, 0.29) is 24.2 Å². The number of fused-ring (bicyclic) bond motifs is 2. The molecule has 0 saturated carbocycles. The Kier molecular flexibility index (Phi) is 3.29. The molecule has 5 nitrogen and oxygen atoms in total. The van der Waals surface area contributed by atoms with E-state index in [1.807, 2.05) is 30.3 Å². The van der Waals surface area contributed by atoms with E-state index in [1.165, 1.54) is 0 Å². The van der Waals surface area contributed by atoms with Gasteiger partial charge in [-0.3, -0.25) is 4.79 Å². The largest absolute Gasteiger partial charge is 0.364 e. The summed E-state index contributed by atoms with van der Waals surface area (Å²) >= 11 is 0. The Balaban J connectivity index is 1.63. The molecule has 2 aliphatic heterocycles. The normalized spacial score (nSPS) is 31.3. The number of ether oxygens (including phenoxy) is 1. The molecular formula is C17H20N2O3. The Hall–Kier alpha value is -1.69. The summed E-state index contributed by atoms with van der Waals surface area (Å²) in [6.45, 7) is 1.14. The maximum atomic E-state index is 12.6. The zero-order valence-electron chi connectivity index (χ0n) is 12.4. The van der Waals surface area contributed by atoms with E-state index >= 15 is 0 Å². The first-order chi connectivity index (χ1) is 10.6. The number of benzene rings is 1. The van der Waals surface area contributed by atoms with Gasteiger partial charge in [0.25, 0.3) is 5.56 Å². The highest BCUT2D eigenvalue weighted by Gasteiger charge is 2.46. The summed E-state index contributed by atoms with van der Waals surface area (Å²) in [5, 5.41) is 15.7. The molecule has 5 heteroatoms. The van der Waals surface area contributed by atoms with Crippen LogP contribution in [0.4, 0.5) is 0 Å². The van der Waals surface area contributed by atoms with Crippen molar-refractivity contribution in [2.45, 2.75) is 43.7 Å². The van der Waals surface area contributed by atoms with Crippen LogP contribution in [0.2, 0.25) is 0 Å². The minimum Gasteiger partial charge on any atom is -0.364 e. The summed E-state index contributed by atoms with van der Waals surface area (Å²) in [5.74, 6) is -1.26. The van der Waals surface area contributed by atoms with Crippen LogP contribution < -0.4 is 10.9 Å². The van der Waals surface area contributed by atoms with E-state index in [1.54, 1.807) is 10.8 Å². The molecule has 3 atom stereocenters. The van der Waals surface area contributed by atoms with Crippen molar-refractivity contribution >= 4 is 10.8 Å². The predicted octanol–water partition coefficient (Wildman–Crippen LogP) is 1.23. The average molecular weight is 300 g/mol. The Bertz CT molecular complexity index is 741. The fourth-order valence-corrected chi connectivity index (χ4v) is 3.66. The number of aliphatic hydroxyl groups is 1. The van der Waals surface area contributed by atoms with Crippen LogP contribution in [0.3, 0.4) is 0 Å². The van der Waals surface area contributed by atoms with Crippen LogP contribution >= 0.6 is 0 Å². The van der Waals surface area contributed by atoms with Crippen LogP contribution in [0.15, 0.2) is 41.3 Å². The fourth-order valence-electron chi connectivity index (χ4n) is 3.66. The Labute approximate surface area is 128 Å². The highest BCUT2D eigenvalue weighted by atomic mass is 16.6. The lowest BCUT2D eigenvalue weighted by Crippen LogP contribution is -2.41. The standard InChI is InChI=1S/C17H20N2O3/c20-16-13-5-2-1-4-12(13)7-9-19(16)11-17(21)10-14-15(22-17)6-3-8-18-14/h1-2,4-5,7,9,14-15,18,21H,3,6,8,10-11H2/t14-,15-,17?/m1/s1. The summed E-state index contributed by atoms with van der Waals surface area (Å²) < 4.78 is 7.41. The third kappa shape index (κ3) is 2.35. The van der Waals surface area contributed by atoms with Crippen molar-refractivity contribution in [2.24, 2.45) is 0 Å². The van der Waals surface area contributed by atoms with Gasteiger partial charge in [0.1, 0.15) is 0 Å². The lowest BCUT2D eigenvalue weighted by Gasteiger charge is -2.25. The van der Waals surface area contributed by atoms with Crippen LogP contribution in [-0.2, 0) is 11.3 Å². The second kappa shape index (κ2) is 5.19. The third-order valence-corrected chi connectivity index (χ3v) is 4.73. The third-order valence-electron chi connectivity index (χ3n) is 4.73. The molecule has 2 aromatic rings. The van der Waals surface area contributed by atoms with Gasteiger partial charge >= 0.3 is 0 Å². The number of hydrogen-bond donors (Lipinski definition) is 2. The van der Waals surface area contributed by atoms with Crippen molar-refractivity contribution in [1.29, 1.82) is 0 Å². The topological polar surface area (TPSA) is 63.5 Å². The lowest BCUT2D eigenvalue weighted by molar-refractivity contribution is -0.202. The maximum Gasteiger partial charge on any atom is 0.258 e.